The lowest BCUT2D eigenvalue weighted by atomic mass is 9.98. The van der Waals surface area contributed by atoms with Crippen molar-refractivity contribution in [3.63, 3.8) is 0 Å². The van der Waals surface area contributed by atoms with Gasteiger partial charge in [0.1, 0.15) is 0 Å². The maximum Gasteiger partial charge on any atom is 0.228 e. The van der Waals surface area contributed by atoms with Crippen molar-refractivity contribution in [2.75, 3.05) is 13.1 Å². The summed E-state index contributed by atoms with van der Waals surface area (Å²) in [5.74, 6) is 0.685. The molecule has 0 aliphatic carbocycles. The van der Waals surface area contributed by atoms with Gasteiger partial charge in [0.2, 0.25) is 5.91 Å². The van der Waals surface area contributed by atoms with Gasteiger partial charge >= 0.3 is 0 Å². The monoisotopic (exact) mass is 310 g/mol. The van der Waals surface area contributed by atoms with E-state index >= 15 is 0 Å². The van der Waals surface area contributed by atoms with Gasteiger partial charge in [-0.2, -0.15) is 0 Å². The number of pyridine rings is 1. The summed E-state index contributed by atoms with van der Waals surface area (Å²) in [5.41, 5.74) is 3.04. The third kappa shape index (κ3) is 4.17. The second-order valence-corrected chi connectivity index (χ2v) is 6.17. The molecule has 1 amide bonds. The van der Waals surface area contributed by atoms with Crippen LogP contribution in [0.2, 0.25) is 0 Å². The first-order valence-corrected chi connectivity index (χ1v) is 8.11. The summed E-state index contributed by atoms with van der Waals surface area (Å²) in [7, 11) is 0. The fourth-order valence-electron chi connectivity index (χ4n) is 3.11. The van der Waals surface area contributed by atoms with Gasteiger partial charge in [-0.15, -0.1) is 0 Å². The van der Waals surface area contributed by atoms with Crippen molar-refractivity contribution in [3.8, 4) is 0 Å². The Morgan fingerprint density at radius 2 is 1.96 bits per heavy atom. The molecule has 23 heavy (non-hydrogen) atoms. The Morgan fingerprint density at radius 1 is 1.17 bits per heavy atom. The molecule has 2 aromatic rings. The number of benzene rings is 1. The number of nitrogens with zero attached hydrogens (tertiary/aromatic N) is 2. The SMILES string of the molecule is O=C(Cc1ccccn1)N1CC[C@H](Cc2ccc(CO)cc2)C1. The molecule has 1 aromatic heterocycles. The van der Waals surface area contributed by atoms with Gasteiger partial charge < -0.3 is 10.0 Å². The molecule has 0 saturated carbocycles. The Morgan fingerprint density at radius 3 is 2.65 bits per heavy atom. The highest BCUT2D eigenvalue weighted by Gasteiger charge is 2.26. The number of amides is 1. The molecule has 4 nitrogen and oxygen atoms in total. The number of aromatic nitrogens is 1. The van der Waals surface area contributed by atoms with E-state index in [1.54, 1.807) is 6.20 Å². The van der Waals surface area contributed by atoms with Gasteiger partial charge in [-0.3, -0.25) is 9.78 Å². The predicted octanol–water partition coefficient (Wildman–Crippen LogP) is 2.21. The standard InChI is InChI=1S/C19H22N2O2/c22-14-16-6-4-15(5-7-16)11-17-8-10-21(13-17)19(23)12-18-3-1-2-9-20-18/h1-7,9,17,22H,8,10-14H2/t17-/m1/s1. The molecule has 2 heterocycles. The summed E-state index contributed by atoms with van der Waals surface area (Å²) < 4.78 is 0. The second kappa shape index (κ2) is 7.38. The molecule has 1 fully saturated rings. The molecule has 1 N–H and O–H groups in total. The maximum atomic E-state index is 12.4. The minimum Gasteiger partial charge on any atom is -0.392 e. The lowest BCUT2D eigenvalue weighted by Crippen LogP contribution is -2.30. The molecule has 4 heteroatoms. The van der Waals surface area contributed by atoms with E-state index in [9.17, 15) is 4.79 Å². The van der Waals surface area contributed by atoms with Crippen LogP contribution in [0, 0.1) is 5.92 Å². The molecule has 0 radical (unpaired) electrons. The van der Waals surface area contributed by atoms with E-state index in [0.717, 1.165) is 37.2 Å². The van der Waals surface area contributed by atoms with Crippen molar-refractivity contribution >= 4 is 5.91 Å². The highest BCUT2D eigenvalue weighted by Crippen LogP contribution is 2.21. The molecular formula is C19H22N2O2. The topological polar surface area (TPSA) is 53.4 Å². The van der Waals surface area contributed by atoms with Crippen LogP contribution in [0.5, 0.6) is 0 Å². The van der Waals surface area contributed by atoms with Crippen LogP contribution in [0.4, 0.5) is 0 Å². The van der Waals surface area contributed by atoms with Crippen molar-refractivity contribution in [1.82, 2.24) is 9.88 Å². The summed E-state index contributed by atoms with van der Waals surface area (Å²) in [5, 5.41) is 9.08. The molecule has 1 aliphatic rings. The van der Waals surface area contributed by atoms with Crippen LogP contribution in [0.15, 0.2) is 48.7 Å². The Bertz CT molecular complexity index is 640. The lowest BCUT2D eigenvalue weighted by Gasteiger charge is -2.16. The van der Waals surface area contributed by atoms with E-state index in [2.05, 4.69) is 17.1 Å². The minimum absolute atomic E-state index is 0.0828. The molecule has 1 aliphatic heterocycles. The fourth-order valence-corrected chi connectivity index (χ4v) is 3.11. The highest BCUT2D eigenvalue weighted by atomic mass is 16.3. The van der Waals surface area contributed by atoms with E-state index < -0.39 is 0 Å². The van der Waals surface area contributed by atoms with Gasteiger partial charge in [-0.1, -0.05) is 30.3 Å². The van der Waals surface area contributed by atoms with Crippen molar-refractivity contribution in [1.29, 1.82) is 0 Å². The van der Waals surface area contributed by atoms with Crippen LogP contribution in [-0.4, -0.2) is 34.0 Å². The first-order valence-electron chi connectivity index (χ1n) is 8.11. The van der Waals surface area contributed by atoms with Crippen molar-refractivity contribution in [2.24, 2.45) is 5.92 Å². The van der Waals surface area contributed by atoms with Gasteiger partial charge in [0.25, 0.3) is 0 Å². The molecule has 0 bridgehead atoms. The van der Waals surface area contributed by atoms with Crippen LogP contribution < -0.4 is 0 Å². The number of carbonyl (C=O) groups is 1. The summed E-state index contributed by atoms with van der Waals surface area (Å²) in [6.07, 6.45) is 4.15. The normalized spacial score (nSPS) is 17.4. The zero-order valence-corrected chi connectivity index (χ0v) is 13.2. The molecule has 1 saturated heterocycles. The van der Waals surface area contributed by atoms with E-state index in [4.69, 9.17) is 5.11 Å². The molecule has 3 rings (SSSR count). The van der Waals surface area contributed by atoms with Crippen molar-refractivity contribution in [2.45, 2.75) is 25.9 Å². The fraction of sp³-hybridized carbons (Fsp3) is 0.368. The number of aliphatic hydroxyl groups excluding tert-OH is 1. The average Bonchev–Trinajstić information content (AvgIpc) is 3.05. The van der Waals surface area contributed by atoms with Crippen molar-refractivity contribution in [3.05, 3.63) is 65.5 Å². The summed E-state index contributed by atoms with van der Waals surface area (Å²) in [6.45, 7) is 1.75. The smallest absolute Gasteiger partial charge is 0.228 e. The summed E-state index contributed by atoms with van der Waals surface area (Å²) in [6, 6.07) is 13.8. The van der Waals surface area contributed by atoms with Crippen LogP contribution >= 0.6 is 0 Å². The largest absolute Gasteiger partial charge is 0.392 e. The quantitative estimate of drug-likeness (QED) is 0.921. The maximum absolute atomic E-state index is 12.4. The number of rotatable bonds is 5. The Balaban J connectivity index is 1.52. The average molecular weight is 310 g/mol. The first kappa shape index (κ1) is 15.7. The summed E-state index contributed by atoms with van der Waals surface area (Å²) in [4.78, 5) is 18.5. The molecule has 1 atom stereocenters. The lowest BCUT2D eigenvalue weighted by molar-refractivity contribution is -0.129. The van der Waals surface area contributed by atoms with E-state index in [1.165, 1.54) is 5.56 Å². The Hall–Kier alpha value is -2.20. The zero-order chi connectivity index (χ0) is 16.1. The zero-order valence-electron chi connectivity index (χ0n) is 13.2. The second-order valence-electron chi connectivity index (χ2n) is 6.17. The Labute approximate surface area is 136 Å². The number of hydrogen-bond acceptors (Lipinski definition) is 3. The molecule has 0 unspecified atom stereocenters. The summed E-state index contributed by atoms with van der Waals surface area (Å²) >= 11 is 0. The van der Waals surface area contributed by atoms with E-state index in [0.29, 0.717) is 12.3 Å². The van der Waals surface area contributed by atoms with Crippen LogP contribution in [0.3, 0.4) is 0 Å². The van der Waals surface area contributed by atoms with Gasteiger partial charge in [-0.05, 0) is 42.0 Å². The number of aliphatic hydroxyl groups is 1. The van der Waals surface area contributed by atoms with Gasteiger partial charge in [0.15, 0.2) is 0 Å². The Kier molecular flexibility index (Phi) is 5.03. The predicted molar refractivity (Wildman–Crippen MR) is 88.7 cm³/mol. The third-order valence-electron chi connectivity index (χ3n) is 4.43. The number of likely N-dealkylation sites (tertiary alicyclic amines) is 1. The van der Waals surface area contributed by atoms with Gasteiger partial charge in [0, 0.05) is 25.0 Å². The van der Waals surface area contributed by atoms with Gasteiger partial charge in [-0.25, -0.2) is 0 Å². The molecule has 1 aromatic carbocycles. The number of hydrogen-bond donors (Lipinski definition) is 1. The highest BCUT2D eigenvalue weighted by molar-refractivity contribution is 5.78. The van der Waals surface area contributed by atoms with Crippen LogP contribution in [0.25, 0.3) is 0 Å². The number of carbonyl (C=O) groups excluding carboxylic acids is 1. The first-order chi connectivity index (χ1) is 11.2. The molecular weight excluding hydrogens is 288 g/mol. The van der Waals surface area contributed by atoms with Crippen LogP contribution in [0.1, 0.15) is 23.2 Å². The van der Waals surface area contributed by atoms with E-state index in [1.807, 2.05) is 35.2 Å². The van der Waals surface area contributed by atoms with E-state index in [-0.39, 0.29) is 12.5 Å². The van der Waals surface area contributed by atoms with Crippen molar-refractivity contribution < 1.29 is 9.90 Å². The van der Waals surface area contributed by atoms with Crippen LogP contribution in [-0.2, 0) is 24.2 Å². The third-order valence-corrected chi connectivity index (χ3v) is 4.43. The minimum atomic E-state index is 0.0828. The van der Waals surface area contributed by atoms with Gasteiger partial charge in [0.05, 0.1) is 13.0 Å². The molecule has 120 valence electrons. The molecule has 0 spiro atoms.